The summed E-state index contributed by atoms with van der Waals surface area (Å²) >= 11 is 0. The van der Waals surface area contributed by atoms with Crippen LogP contribution in [-0.2, 0) is 17.8 Å². The largest absolute Gasteiger partial charge is 0.508 e. The highest BCUT2D eigenvalue weighted by Gasteiger charge is 2.25. The lowest BCUT2D eigenvalue weighted by molar-refractivity contribution is -0.121. The highest BCUT2D eigenvalue weighted by atomic mass is 16.3. The van der Waals surface area contributed by atoms with Gasteiger partial charge >= 0.3 is 0 Å². The molecule has 1 atom stereocenters. The Balaban J connectivity index is 1.57. The summed E-state index contributed by atoms with van der Waals surface area (Å²) in [6, 6.07) is 14.6. The van der Waals surface area contributed by atoms with Crippen LogP contribution in [0.25, 0.3) is 0 Å². The van der Waals surface area contributed by atoms with Crippen molar-refractivity contribution in [3.8, 4) is 5.75 Å². The van der Waals surface area contributed by atoms with Crippen molar-refractivity contribution in [2.45, 2.75) is 19.0 Å². The smallest absolute Gasteiger partial charge is 0.243 e. The first-order chi connectivity index (χ1) is 9.72. The van der Waals surface area contributed by atoms with Gasteiger partial charge in [0.1, 0.15) is 11.8 Å². The van der Waals surface area contributed by atoms with E-state index in [0.717, 1.165) is 17.7 Å². The van der Waals surface area contributed by atoms with Gasteiger partial charge in [0.25, 0.3) is 0 Å². The van der Waals surface area contributed by atoms with E-state index < -0.39 is 0 Å². The lowest BCUT2D eigenvalue weighted by Gasteiger charge is -2.12. The van der Waals surface area contributed by atoms with Crippen LogP contribution in [0.2, 0.25) is 0 Å². The molecule has 1 aliphatic heterocycles. The Morgan fingerprint density at radius 1 is 1.20 bits per heavy atom. The number of anilines is 1. The molecule has 0 saturated heterocycles. The summed E-state index contributed by atoms with van der Waals surface area (Å²) in [5.74, 6) is 0.224. The SMILES string of the molecule is O=C(NCc1ccc(O)cc1)[C@@H]1Cc2ccccc2N1. The van der Waals surface area contributed by atoms with E-state index in [1.165, 1.54) is 5.56 Å². The van der Waals surface area contributed by atoms with Crippen molar-refractivity contribution in [3.63, 3.8) is 0 Å². The molecule has 0 aromatic heterocycles. The molecular formula is C16H16N2O2. The number of phenols is 1. The van der Waals surface area contributed by atoms with Crippen molar-refractivity contribution < 1.29 is 9.90 Å². The summed E-state index contributed by atoms with van der Waals surface area (Å²) in [4.78, 5) is 12.1. The number of amides is 1. The molecule has 1 aliphatic rings. The average molecular weight is 268 g/mol. The van der Waals surface area contributed by atoms with Gasteiger partial charge in [-0.25, -0.2) is 0 Å². The minimum Gasteiger partial charge on any atom is -0.508 e. The summed E-state index contributed by atoms with van der Waals surface area (Å²) in [6.45, 7) is 0.466. The number of fused-ring (bicyclic) bond motifs is 1. The highest BCUT2D eigenvalue weighted by molar-refractivity contribution is 5.87. The van der Waals surface area contributed by atoms with Crippen molar-refractivity contribution in [2.24, 2.45) is 0 Å². The molecule has 0 fully saturated rings. The number of hydrogen-bond acceptors (Lipinski definition) is 3. The number of phenolic OH excluding ortho intramolecular Hbond substituents is 1. The van der Waals surface area contributed by atoms with Crippen LogP contribution >= 0.6 is 0 Å². The molecule has 3 rings (SSSR count). The number of para-hydroxylation sites is 1. The van der Waals surface area contributed by atoms with Gasteiger partial charge in [-0.05, 0) is 29.3 Å². The fraction of sp³-hybridized carbons (Fsp3) is 0.188. The Hall–Kier alpha value is -2.49. The predicted octanol–water partition coefficient (Wildman–Crippen LogP) is 2.05. The molecule has 4 heteroatoms. The maximum Gasteiger partial charge on any atom is 0.243 e. The zero-order valence-corrected chi connectivity index (χ0v) is 11.0. The van der Waals surface area contributed by atoms with E-state index in [1.54, 1.807) is 24.3 Å². The number of hydrogen-bond donors (Lipinski definition) is 3. The summed E-state index contributed by atoms with van der Waals surface area (Å²) < 4.78 is 0. The van der Waals surface area contributed by atoms with Crippen LogP contribution < -0.4 is 10.6 Å². The Morgan fingerprint density at radius 2 is 1.95 bits per heavy atom. The second kappa shape index (κ2) is 5.25. The Kier molecular flexibility index (Phi) is 3.29. The van der Waals surface area contributed by atoms with Gasteiger partial charge in [-0.15, -0.1) is 0 Å². The molecule has 2 aromatic carbocycles. The van der Waals surface area contributed by atoms with Crippen LogP contribution in [0.3, 0.4) is 0 Å². The van der Waals surface area contributed by atoms with Crippen molar-refractivity contribution in [2.75, 3.05) is 5.32 Å². The second-order valence-corrected chi connectivity index (χ2v) is 4.94. The third kappa shape index (κ3) is 2.59. The first kappa shape index (κ1) is 12.5. The van der Waals surface area contributed by atoms with Crippen LogP contribution in [0.1, 0.15) is 11.1 Å². The topological polar surface area (TPSA) is 61.4 Å². The number of rotatable bonds is 3. The van der Waals surface area contributed by atoms with E-state index in [4.69, 9.17) is 0 Å². The van der Waals surface area contributed by atoms with E-state index in [0.29, 0.717) is 6.54 Å². The molecule has 102 valence electrons. The van der Waals surface area contributed by atoms with Crippen LogP contribution in [0.4, 0.5) is 5.69 Å². The lowest BCUT2D eigenvalue weighted by atomic mass is 10.1. The molecule has 0 aliphatic carbocycles. The van der Waals surface area contributed by atoms with Gasteiger partial charge in [0.2, 0.25) is 5.91 Å². The lowest BCUT2D eigenvalue weighted by Crippen LogP contribution is -2.38. The van der Waals surface area contributed by atoms with E-state index in [1.807, 2.05) is 24.3 Å². The summed E-state index contributed by atoms with van der Waals surface area (Å²) in [6.07, 6.45) is 0.720. The molecule has 1 heterocycles. The van der Waals surface area contributed by atoms with Crippen molar-refractivity contribution in [3.05, 3.63) is 59.7 Å². The van der Waals surface area contributed by atoms with Crippen LogP contribution in [0, 0.1) is 0 Å². The first-order valence-electron chi connectivity index (χ1n) is 6.62. The average Bonchev–Trinajstić information content (AvgIpc) is 2.90. The van der Waals surface area contributed by atoms with Gasteiger partial charge in [0.15, 0.2) is 0 Å². The van der Waals surface area contributed by atoms with E-state index in [-0.39, 0.29) is 17.7 Å². The molecule has 0 saturated carbocycles. The molecule has 1 amide bonds. The van der Waals surface area contributed by atoms with Gasteiger partial charge in [0.05, 0.1) is 0 Å². The normalized spacial score (nSPS) is 16.3. The monoisotopic (exact) mass is 268 g/mol. The number of carbonyl (C=O) groups excluding carboxylic acids is 1. The van der Waals surface area contributed by atoms with Crippen molar-refractivity contribution >= 4 is 11.6 Å². The molecule has 0 bridgehead atoms. The predicted molar refractivity (Wildman–Crippen MR) is 77.5 cm³/mol. The fourth-order valence-electron chi connectivity index (χ4n) is 2.38. The van der Waals surface area contributed by atoms with Gasteiger partial charge in [-0.3, -0.25) is 4.79 Å². The number of carbonyl (C=O) groups is 1. The fourth-order valence-corrected chi connectivity index (χ4v) is 2.38. The van der Waals surface area contributed by atoms with Crippen LogP contribution in [-0.4, -0.2) is 17.1 Å². The first-order valence-corrected chi connectivity index (χ1v) is 6.62. The van der Waals surface area contributed by atoms with E-state index in [9.17, 15) is 9.90 Å². The third-order valence-corrected chi connectivity index (χ3v) is 3.49. The Labute approximate surface area is 117 Å². The standard InChI is InChI=1S/C16H16N2O2/c19-13-7-5-11(6-8-13)10-17-16(20)15-9-12-3-1-2-4-14(12)18-15/h1-8,15,18-19H,9-10H2,(H,17,20)/t15-/m0/s1. The minimum atomic E-state index is -0.204. The zero-order valence-electron chi connectivity index (χ0n) is 11.0. The Morgan fingerprint density at radius 3 is 2.70 bits per heavy atom. The quantitative estimate of drug-likeness (QED) is 0.798. The molecule has 2 aromatic rings. The van der Waals surface area contributed by atoms with E-state index >= 15 is 0 Å². The van der Waals surface area contributed by atoms with Gasteiger partial charge < -0.3 is 15.7 Å². The molecule has 0 radical (unpaired) electrons. The van der Waals surface area contributed by atoms with E-state index in [2.05, 4.69) is 10.6 Å². The maximum absolute atomic E-state index is 12.1. The minimum absolute atomic E-state index is 0.00530. The molecular weight excluding hydrogens is 252 g/mol. The molecule has 20 heavy (non-hydrogen) atoms. The molecule has 0 spiro atoms. The van der Waals surface area contributed by atoms with Crippen molar-refractivity contribution in [1.29, 1.82) is 0 Å². The zero-order chi connectivity index (χ0) is 13.9. The van der Waals surface area contributed by atoms with Gasteiger partial charge in [-0.2, -0.15) is 0 Å². The molecule has 3 N–H and O–H groups in total. The molecule has 4 nitrogen and oxygen atoms in total. The third-order valence-electron chi connectivity index (χ3n) is 3.49. The number of benzene rings is 2. The second-order valence-electron chi connectivity index (χ2n) is 4.94. The summed E-state index contributed by atoms with van der Waals surface area (Å²) in [5.41, 5.74) is 3.18. The van der Waals surface area contributed by atoms with Crippen LogP contribution in [0.15, 0.2) is 48.5 Å². The Bertz CT molecular complexity index is 598. The number of aromatic hydroxyl groups is 1. The highest BCUT2D eigenvalue weighted by Crippen LogP contribution is 2.25. The maximum atomic E-state index is 12.1. The molecule has 0 unspecified atom stereocenters. The van der Waals surface area contributed by atoms with Gasteiger partial charge in [-0.1, -0.05) is 30.3 Å². The van der Waals surface area contributed by atoms with Crippen LogP contribution in [0.5, 0.6) is 5.75 Å². The van der Waals surface area contributed by atoms with Gasteiger partial charge in [0, 0.05) is 18.7 Å². The summed E-state index contributed by atoms with van der Waals surface area (Å²) in [7, 11) is 0. The van der Waals surface area contributed by atoms with Crippen molar-refractivity contribution in [1.82, 2.24) is 5.32 Å². The summed E-state index contributed by atoms with van der Waals surface area (Å²) in [5, 5.41) is 15.3. The number of nitrogens with one attached hydrogen (secondary N) is 2.